The van der Waals surface area contributed by atoms with Crippen LogP contribution in [-0.4, -0.2) is 10.7 Å². The van der Waals surface area contributed by atoms with E-state index < -0.39 is 11.0 Å². The van der Waals surface area contributed by atoms with E-state index in [1.807, 2.05) is 0 Å². The molecular weight excluding hydrogens is 234 g/mol. The zero-order valence-electron chi connectivity index (χ0n) is 13.2. The van der Waals surface area contributed by atoms with Crippen molar-refractivity contribution < 1.29 is 5.11 Å². The Morgan fingerprint density at radius 2 is 1.42 bits per heavy atom. The molecule has 0 atom stereocenters. The maximum absolute atomic E-state index is 11.3. The Bertz CT molecular complexity index is 296. The lowest BCUT2D eigenvalue weighted by Gasteiger charge is -2.45. The fourth-order valence-corrected chi connectivity index (χ4v) is 3.84. The molecule has 0 aliphatic heterocycles. The molecule has 1 aliphatic rings. The summed E-state index contributed by atoms with van der Waals surface area (Å²) >= 11 is 0. The van der Waals surface area contributed by atoms with Gasteiger partial charge in [-0.25, -0.2) is 0 Å². The molecule has 0 aromatic heterocycles. The van der Waals surface area contributed by atoms with Gasteiger partial charge in [0.2, 0.25) is 0 Å². The third-order valence-electron chi connectivity index (χ3n) is 4.55. The van der Waals surface area contributed by atoms with Crippen molar-refractivity contribution in [1.82, 2.24) is 0 Å². The Hall–Kier alpha value is -0.550. The predicted molar refractivity (Wildman–Crippen MR) is 79.6 cm³/mol. The number of hydrogen-bond acceptors (Lipinski definition) is 2. The smallest absolute Gasteiger partial charge is 0.0860 e. The Morgan fingerprint density at radius 3 is 1.74 bits per heavy atom. The Morgan fingerprint density at radius 1 is 1.00 bits per heavy atom. The number of nitriles is 1. The summed E-state index contributed by atoms with van der Waals surface area (Å²) < 4.78 is 0. The van der Waals surface area contributed by atoms with Crippen LogP contribution in [0.4, 0.5) is 0 Å². The SMILES string of the molecule is CC(C)CC(O)(CC(C)C)C1(C#N)CCCCCC1. The molecule has 0 radical (unpaired) electrons. The van der Waals surface area contributed by atoms with Gasteiger partial charge in [-0.2, -0.15) is 5.26 Å². The molecule has 0 spiro atoms. The first-order valence-electron chi connectivity index (χ1n) is 7.99. The standard InChI is InChI=1S/C17H31NO/c1-14(2)11-17(19,12-15(3)4)16(13-18)9-7-5-6-8-10-16/h14-15,19H,5-12H2,1-4H3. The number of rotatable bonds is 5. The molecule has 1 fully saturated rings. The van der Waals surface area contributed by atoms with Crippen molar-refractivity contribution in [3.05, 3.63) is 0 Å². The van der Waals surface area contributed by atoms with E-state index in [-0.39, 0.29) is 0 Å². The van der Waals surface area contributed by atoms with Gasteiger partial charge in [0, 0.05) is 0 Å². The lowest BCUT2D eigenvalue weighted by molar-refractivity contribution is -0.0917. The van der Waals surface area contributed by atoms with Gasteiger partial charge in [0.05, 0.1) is 17.1 Å². The van der Waals surface area contributed by atoms with Gasteiger partial charge in [-0.1, -0.05) is 53.4 Å². The van der Waals surface area contributed by atoms with Gasteiger partial charge in [0.25, 0.3) is 0 Å². The van der Waals surface area contributed by atoms with Crippen LogP contribution in [0.15, 0.2) is 0 Å². The number of aliphatic hydroxyl groups is 1. The topological polar surface area (TPSA) is 44.0 Å². The van der Waals surface area contributed by atoms with Gasteiger partial charge in [0.1, 0.15) is 0 Å². The molecule has 0 aromatic carbocycles. The second-order valence-corrected chi connectivity index (χ2v) is 7.34. The van der Waals surface area contributed by atoms with Crippen molar-refractivity contribution in [1.29, 1.82) is 5.26 Å². The highest BCUT2D eigenvalue weighted by Crippen LogP contribution is 2.49. The summed E-state index contributed by atoms with van der Waals surface area (Å²) in [7, 11) is 0. The summed E-state index contributed by atoms with van der Waals surface area (Å²) in [4.78, 5) is 0. The fraction of sp³-hybridized carbons (Fsp3) is 0.941. The minimum Gasteiger partial charge on any atom is -0.388 e. The molecule has 2 heteroatoms. The van der Waals surface area contributed by atoms with Gasteiger partial charge >= 0.3 is 0 Å². The third-order valence-corrected chi connectivity index (χ3v) is 4.55. The molecule has 0 unspecified atom stereocenters. The van der Waals surface area contributed by atoms with Crippen LogP contribution in [0.3, 0.4) is 0 Å². The Labute approximate surface area is 119 Å². The number of nitrogens with zero attached hydrogens (tertiary/aromatic N) is 1. The first-order chi connectivity index (χ1) is 8.85. The molecule has 0 bridgehead atoms. The normalized spacial score (nSPS) is 20.3. The van der Waals surface area contributed by atoms with Crippen LogP contribution in [0.25, 0.3) is 0 Å². The van der Waals surface area contributed by atoms with Crippen molar-refractivity contribution in [2.24, 2.45) is 17.3 Å². The van der Waals surface area contributed by atoms with Crippen LogP contribution in [0, 0.1) is 28.6 Å². The molecule has 19 heavy (non-hydrogen) atoms. The lowest BCUT2D eigenvalue weighted by atomic mass is 9.62. The Balaban J connectivity index is 3.07. The second kappa shape index (κ2) is 6.75. The van der Waals surface area contributed by atoms with E-state index in [0.717, 1.165) is 38.5 Å². The van der Waals surface area contributed by atoms with Gasteiger partial charge in [-0.15, -0.1) is 0 Å². The molecule has 0 amide bonds. The van der Waals surface area contributed by atoms with E-state index in [9.17, 15) is 10.4 Å². The second-order valence-electron chi connectivity index (χ2n) is 7.34. The van der Waals surface area contributed by atoms with Crippen LogP contribution in [0.1, 0.15) is 79.1 Å². The average molecular weight is 265 g/mol. The van der Waals surface area contributed by atoms with Crippen LogP contribution in [0.5, 0.6) is 0 Å². The summed E-state index contributed by atoms with van der Waals surface area (Å²) in [6, 6.07) is 2.56. The molecule has 2 nitrogen and oxygen atoms in total. The average Bonchev–Trinajstić information content (AvgIpc) is 2.52. The first-order valence-corrected chi connectivity index (χ1v) is 7.99. The quantitative estimate of drug-likeness (QED) is 0.734. The zero-order chi connectivity index (χ0) is 14.5. The molecule has 1 aliphatic carbocycles. The van der Waals surface area contributed by atoms with E-state index in [0.29, 0.717) is 11.8 Å². The van der Waals surface area contributed by atoms with Crippen molar-refractivity contribution in [3.8, 4) is 6.07 Å². The summed E-state index contributed by atoms with van der Waals surface area (Å²) in [6.45, 7) is 8.58. The van der Waals surface area contributed by atoms with E-state index in [1.54, 1.807) is 0 Å². The highest BCUT2D eigenvalue weighted by Gasteiger charge is 2.50. The molecule has 1 saturated carbocycles. The largest absolute Gasteiger partial charge is 0.388 e. The zero-order valence-corrected chi connectivity index (χ0v) is 13.2. The van der Waals surface area contributed by atoms with Crippen LogP contribution in [-0.2, 0) is 0 Å². The first kappa shape index (κ1) is 16.5. The predicted octanol–water partition coefficient (Wildman–Crippen LogP) is 4.67. The molecule has 110 valence electrons. The third kappa shape index (κ3) is 3.96. The van der Waals surface area contributed by atoms with Crippen molar-refractivity contribution >= 4 is 0 Å². The number of hydrogen-bond donors (Lipinski definition) is 1. The minimum absolute atomic E-state index is 0.428. The maximum Gasteiger partial charge on any atom is 0.0860 e. The van der Waals surface area contributed by atoms with E-state index in [2.05, 4.69) is 33.8 Å². The Kier molecular flexibility index (Phi) is 5.86. The highest BCUT2D eigenvalue weighted by atomic mass is 16.3. The maximum atomic E-state index is 11.3. The molecule has 1 N–H and O–H groups in total. The summed E-state index contributed by atoms with van der Waals surface area (Å²) in [5.74, 6) is 0.856. The highest BCUT2D eigenvalue weighted by molar-refractivity contribution is 5.12. The molecule has 0 saturated heterocycles. The molecule has 0 aromatic rings. The van der Waals surface area contributed by atoms with E-state index in [4.69, 9.17) is 0 Å². The van der Waals surface area contributed by atoms with Gasteiger partial charge in [-0.05, 0) is 37.5 Å². The summed E-state index contributed by atoms with van der Waals surface area (Å²) in [5, 5.41) is 21.1. The van der Waals surface area contributed by atoms with Crippen molar-refractivity contribution in [2.45, 2.75) is 84.7 Å². The summed E-state index contributed by atoms with van der Waals surface area (Å²) in [5.41, 5.74) is -1.33. The van der Waals surface area contributed by atoms with Crippen LogP contribution >= 0.6 is 0 Å². The molecule has 0 heterocycles. The fourth-order valence-electron chi connectivity index (χ4n) is 3.84. The molecular formula is C17H31NO. The lowest BCUT2D eigenvalue weighted by Crippen LogP contribution is -2.49. The van der Waals surface area contributed by atoms with Crippen molar-refractivity contribution in [2.75, 3.05) is 0 Å². The van der Waals surface area contributed by atoms with Gasteiger partial charge in [-0.3, -0.25) is 0 Å². The summed E-state index contributed by atoms with van der Waals surface area (Å²) in [6.07, 6.45) is 7.85. The van der Waals surface area contributed by atoms with E-state index in [1.165, 1.54) is 12.8 Å². The molecule has 1 rings (SSSR count). The van der Waals surface area contributed by atoms with Gasteiger partial charge < -0.3 is 5.11 Å². The minimum atomic E-state index is -0.811. The van der Waals surface area contributed by atoms with Crippen LogP contribution < -0.4 is 0 Å². The van der Waals surface area contributed by atoms with Crippen LogP contribution in [0.2, 0.25) is 0 Å². The van der Waals surface area contributed by atoms with Gasteiger partial charge in [0.15, 0.2) is 0 Å². The van der Waals surface area contributed by atoms with Crippen molar-refractivity contribution in [3.63, 3.8) is 0 Å². The van der Waals surface area contributed by atoms with E-state index >= 15 is 0 Å². The monoisotopic (exact) mass is 265 g/mol.